The van der Waals surface area contributed by atoms with Crippen molar-refractivity contribution in [2.24, 2.45) is 0 Å². The molecule has 28 heavy (non-hydrogen) atoms. The smallest absolute Gasteiger partial charge is 0.285 e. The van der Waals surface area contributed by atoms with Gasteiger partial charge in [0, 0.05) is 24.7 Å². The third kappa shape index (κ3) is 6.02. The van der Waals surface area contributed by atoms with E-state index in [2.05, 4.69) is 25.2 Å². The number of hydrogen-bond acceptors (Lipinski definition) is 4. The van der Waals surface area contributed by atoms with Crippen molar-refractivity contribution in [3.63, 3.8) is 0 Å². The topological polar surface area (TPSA) is 58.6 Å². The second-order valence-corrected chi connectivity index (χ2v) is 8.24. The molecule has 0 aromatic heterocycles. The summed E-state index contributed by atoms with van der Waals surface area (Å²) in [7, 11) is 3.42. The molecule has 0 saturated carbocycles. The molecule has 2 aromatic rings. The fraction of sp³-hybridized carbons (Fsp3) is 0.364. The van der Waals surface area contributed by atoms with Gasteiger partial charge >= 0.3 is 0 Å². The molecular weight excluding hydrogens is 372 g/mol. The number of nitrogens with zero attached hydrogens (tertiary/aromatic N) is 1. The van der Waals surface area contributed by atoms with Gasteiger partial charge in [-0.15, -0.1) is 0 Å². The van der Waals surface area contributed by atoms with Crippen LogP contribution >= 0.6 is 11.8 Å². The number of carbonyl (C=O) groups excluding carboxylic acids is 2. The zero-order valence-electron chi connectivity index (χ0n) is 17.3. The van der Waals surface area contributed by atoms with Crippen molar-refractivity contribution in [1.82, 2.24) is 4.90 Å². The van der Waals surface area contributed by atoms with E-state index in [1.54, 1.807) is 33.2 Å². The Labute approximate surface area is 171 Å². The fourth-order valence-electron chi connectivity index (χ4n) is 2.39. The largest absolute Gasteiger partial charge is 0.481 e. The number of carbonyl (C=O) groups is 2. The number of benzene rings is 2. The molecule has 0 aliphatic rings. The van der Waals surface area contributed by atoms with E-state index in [9.17, 15) is 9.59 Å². The van der Waals surface area contributed by atoms with Gasteiger partial charge in [-0.05, 0) is 73.0 Å². The highest BCUT2D eigenvalue weighted by Gasteiger charge is 2.17. The fourth-order valence-corrected chi connectivity index (χ4v) is 3.05. The lowest BCUT2D eigenvalue weighted by Crippen LogP contribution is -2.30. The van der Waals surface area contributed by atoms with Gasteiger partial charge in [0.1, 0.15) is 5.75 Å². The highest BCUT2D eigenvalue weighted by Crippen LogP contribution is 2.26. The van der Waals surface area contributed by atoms with E-state index < -0.39 is 6.10 Å². The van der Waals surface area contributed by atoms with Crippen LogP contribution in [-0.4, -0.2) is 36.2 Å². The highest BCUT2D eigenvalue weighted by molar-refractivity contribution is 8.13. The van der Waals surface area contributed by atoms with Gasteiger partial charge < -0.3 is 15.0 Å². The van der Waals surface area contributed by atoms with Crippen LogP contribution in [0, 0.1) is 6.92 Å². The summed E-state index contributed by atoms with van der Waals surface area (Å²) in [6.45, 7) is 7.95. The first-order valence-corrected chi connectivity index (χ1v) is 10.1. The van der Waals surface area contributed by atoms with Crippen molar-refractivity contribution in [3.8, 4) is 5.75 Å². The summed E-state index contributed by atoms with van der Waals surface area (Å²) in [5.74, 6) is 0.893. The summed E-state index contributed by atoms with van der Waals surface area (Å²) in [6, 6.07) is 13.3. The van der Waals surface area contributed by atoms with E-state index in [1.165, 1.54) is 10.5 Å². The summed E-state index contributed by atoms with van der Waals surface area (Å²) < 4.78 is 5.91. The quantitative estimate of drug-likeness (QED) is 0.669. The van der Waals surface area contributed by atoms with Crippen molar-refractivity contribution < 1.29 is 14.3 Å². The minimum atomic E-state index is -0.634. The minimum absolute atomic E-state index is 0.0437. The van der Waals surface area contributed by atoms with Crippen LogP contribution in [0.5, 0.6) is 5.75 Å². The van der Waals surface area contributed by atoms with Gasteiger partial charge in [-0.3, -0.25) is 9.59 Å². The summed E-state index contributed by atoms with van der Waals surface area (Å²) in [4.78, 5) is 26.6. The first kappa shape index (κ1) is 21.8. The summed E-state index contributed by atoms with van der Waals surface area (Å²) >= 11 is 1.14. The molecule has 0 fully saturated rings. The average Bonchev–Trinajstić information content (AvgIpc) is 2.64. The van der Waals surface area contributed by atoms with E-state index in [4.69, 9.17) is 4.74 Å². The number of rotatable bonds is 6. The van der Waals surface area contributed by atoms with Gasteiger partial charge in [0.2, 0.25) is 0 Å². The molecule has 2 amide bonds. The van der Waals surface area contributed by atoms with E-state index in [0.717, 1.165) is 28.0 Å². The normalized spacial score (nSPS) is 11.8. The Hall–Kier alpha value is -2.47. The molecule has 150 valence electrons. The third-order valence-corrected chi connectivity index (χ3v) is 5.29. The van der Waals surface area contributed by atoms with Crippen LogP contribution in [0.1, 0.15) is 37.8 Å². The number of hydrogen-bond donors (Lipinski definition) is 1. The van der Waals surface area contributed by atoms with Gasteiger partial charge in [-0.25, -0.2) is 0 Å². The van der Waals surface area contributed by atoms with Gasteiger partial charge in [0.25, 0.3) is 11.1 Å². The minimum Gasteiger partial charge on any atom is -0.481 e. The maximum Gasteiger partial charge on any atom is 0.285 e. The molecule has 0 heterocycles. The molecule has 0 saturated heterocycles. The molecule has 6 heteroatoms. The van der Waals surface area contributed by atoms with E-state index in [-0.39, 0.29) is 11.1 Å². The van der Waals surface area contributed by atoms with Crippen molar-refractivity contribution in [2.75, 3.05) is 19.4 Å². The van der Waals surface area contributed by atoms with Crippen LogP contribution in [0.4, 0.5) is 10.5 Å². The van der Waals surface area contributed by atoms with Crippen LogP contribution in [0.2, 0.25) is 0 Å². The maximum atomic E-state index is 12.5. The first-order valence-electron chi connectivity index (χ1n) is 9.24. The van der Waals surface area contributed by atoms with Crippen LogP contribution < -0.4 is 10.1 Å². The zero-order chi connectivity index (χ0) is 20.8. The molecule has 1 N–H and O–H groups in total. The van der Waals surface area contributed by atoms with Gasteiger partial charge in [0.15, 0.2) is 6.10 Å². The number of thioether (sulfide) groups is 1. The molecule has 0 radical (unpaired) electrons. The SMILES string of the molecule is Cc1ccc(C(C)C)cc1OC(C)C(=O)Nc1ccc(SC(=O)N(C)C)cc1. The summed E-state index contributed by atoms with van der Waals surface area (Å²) in [6.07, 6.45) is -0.634. The average molecular weight is 401 g/mol. The van der Waals surface area contributed by atoms with E-state index in [1.807, 2.05) is 31.2 Å². The van der Waals surface area contributed by atoms with Crippen LogP contribution in [0.25, 0.3) is 0 Å². The maximum absolute atomic E-state index is 12.5. The molecule has 2 rings (SSSR count). The standard InChI is InChI=1S/C22H28N2O3S/c1-14(2)17-8-7-15(3)20(13-17)27-16(4)21(25)23-18-9-11-19(12-10-18)28-22(26)24(5)6/h7-14,16H,1-6H3,(H,23,25). The number of amides is 2. The zero-order valence-corrected chi connectivity index (χ0v) is 18.1. The van der Waals surface area contributed by atoms with Crippen LogP contribution in [0.15, 0.2) is 47.4 Å². The molecule has 0 spiro atoms. The van der Waals surface area contributed by atoms with Gasteiger partial charge in [0.05, 0.1) is 0 Å². The first-order chi connectivity index (χ1) is 13.2. The Bertz CT molecular complexity index is 832. The van der Waals surface area contributed by atoms with E-state index >= 15 is 0 Å². The number of ether oxygens (including phenoxy) is 1. The molecule has 5 nitrogen and oxygen atoms in total. The Morgan fingerprint density at radius 1 is 1.04 bits per heavy atom. The summed E-state index contributed by atoms with van der Waals surface area (Å²) in [5, 5.41) is 2.81. The van der Waals surface area contributed by atoms with Crippen LogP contribution in [-0.2, 0) is 4.79 Å². The highest BCUT2D eigenvalue weighted by atomic mass is 32.2. The lowest BCUT2D eigenvalue weighted by Gasteiger charge is -2.18. The molecule has 0 bridgehead atoms. The third-order valence-electron chi connectivity index (χ3n) is 4.24. The van der Waals surface area contributed by atoms with Crippen molar-refractivity contribution >= 4 is 28.6 Å². The Kier molecular flexibility index (Phi) is 7.52. The van der Waals surface area contributed by atoms with E-state index in [0.29, 0.717) is 11.6 Å². The van der Waals surface area contributed by atoms with Crippen molar-refractivity contribution in [3.05, 3.63) is 53.6 Å². The number of aryl methyl sites for hydroxylation is 1. The molecule has 0 aliphatic carbocycles. The van der Waals surface area contributed by atoms with Crippen molar-refractivity contribution in [2.45, 2.75) is 44.6 Å². The monoisotopic (exact) mass is 400 g/mol. The Balaban J connectivity index is 1.99. The van der Waals surface area contributed by atoms with Crippen LogP contribution in [0.3, 0.4) is 0 Å². The molecule has 0 aliphatic heterocycles. The second kappa shape index (κ2) is 9.64. The molecule has 1 unspecified atom stereocenters. The lowest BCUT2D eigenvalue weighted by atomic mass is 10.0. The number of nitrogens with one attached hydrogen (secondary N) is 1. The molecular formula is C22H28N2O3S. The van der Waals surface area contributed by atoms with Gasteiger partial charge in [-0.2, -0.15) is 0 Å². The molecule has 2 aromatic carbocycles. The predicted molar refractivity (Wildman–Crippen MR) is 115 cm³/mol. The Morgan fingerprint density at radius 3 is 2.25 bits per heavy atom. The molecule has 1 atom stereocenters. The van der Waals surface area contributed by atoms with Gasteiger partial charge in [-0.1, -0.05) is 26.0 Å². The second-order valence-electron chi connectivity index (χ2n) is 7.22. The Morgan fingerprint density at radius 2 is 1.68 bits per heavy atom. The predicted octanol–water partition coefficient (Wildman–Crippen LogP) is 5.30. The lowest BCUT2D eigenvalue weighted by molar-refractivity contribution is -0.122. The number of anilines is 1. The summed E-state index contributed by atoms with van der Waals surface area (Å²) in [5.41, 5.74) is 2.83. The van der Waals surface area contributed by atoms with Crippen molar-refractivity contribution in [1.29, 1.82) is 0 Å².